The number of carbonyl (C=O) groups is 2. The van der Waals surface area contributed by atoms with Crippen LogP contribution in [0.5, 0.6) is 0 Å². The van der Waals surface area contributed by atoms with E-state index in [1.807, 2.05) is 22.6 Å². The van der Waals surface area contributed by atoms with Crippen molar-refractivity contribution < 1.29 is 14.5 Å². The number of amides is 1. The van der Waals surface area contributed by atoms with Crippen LogP contribution in [0, 0.1) is 10.1 Å². The third-order valence-corrected chi connectivity index (χ3v) is 5.04. The highest BCUT2D eigenvalue weighted by Gasteiger charge is 2.47. The number of nitrogens with zero attached hydrogens (tertiary/aromatic N) is 2. The van der Waals surface area contributed by atoms with Crippen LogP contribution < -0.4 is 0 Å². The van der Waals surface area contributed by atoms with Gasteiger partial charge in [0.25, 0.3) is 11.6 Å². The number of ketones is 1. The van der Waals surface area contributed by atoms with Crippen molar-refractivity contribution in [3.63, 3.8) is 0 Å². The summed E-state index contributed by atoms with van der Waals surface area (Å²) >= 11 is 1.98. The zero-order valence-electron chi connectivity index (χ0n) is 12.0. The molecule has 1 aliphatic heterocycles. The van der Waals surface area contributed by atoms with Gasteiger partial charge in [0.15, 0.2) is 5.78 Å². The first-order chi connectivity index (χ1) is 10.9. The lowest BCUT2D eigenvalue weighted by Crippen LogP contribution is -2.43. The van der Waals surface area contributed by atoms with E-state index in [-0.39, 0.29) is 17.4 Å². The van der Waals surface area contributed by atoms with Crippen LogP contribution in [0.1, 0.15) is 5.56 Å². The van der Waals surface area contributed by atoms with E-state index in [1.165, 1.54) is 24.3 Å². The van der Waals surface area contributed by atoms with Crippen LogP contribution in [0.3, 0.4) is 0 Å². The van der Waals surface area contributed by atoms with E-state index >= 15 is 0 Å². The molecule has 2 aliphatic rings. The maximum atomic E-state index is 12.4. The van der Waals surface area contributed by atoms with Gasteiger partial charge in [0, 0.05) is 24.8 Å². The quantitative estimate of drug-likeness (QED) is 0.417. The fraction of sp³-hybridized carbons (Fsp3) is 0.125. The predicted octanol–water partition coefficient (Wildman–Crippen LogP) is 2.65. The molecule has 1 spiro atoms. The van der Waals surface area contributed by atoms with Crippen molar-refractivity contribution in [2.24, 2.45) is 0 Å². The van der Waals surface area contributed by atoms with Crippen molar-refractivity contribution in [2.45, 2.75) is 5.54 Å². The van der Waals surface area contributed by atoms with Crippen LogP contribution in [0.25, 0.3) is 5.57 Å². The summed E-state index contributed by atoms with van der Waals surface area (Å²) in [6.07, 6.45) is 6.25. The van der Waals surface area contributed by atoms with Gasteiger partial charge < -0.3 is 4.90 Å². The molecule has 1 amide bonds. The first kappa shape index (κ1) is 15.6. The van der Waals surface area contributed by atoms with Gasteiger partial charge in [0.1, 0.15) is 5.54 Å². The molecule has 0 saturated carbocycles. The van der Waals surface area contributed by atoms with Crippen molar-refractivity contribution in [1.82, 2.24) is 4.90 Å². The maximum absolute atomic E-state index is 12.4. The molecule has 0 fully saturated rings. The highest BCUT2D eigenvalue weighted by atomic mass is 127. The van der Waals surface area contributed by atoms with Crippen molar-refractivity contribution in [2.75, 3.05) is 7.05 Å². The number of benzene rings is 1. The average Bonchev–Trinajstić information content (AvgIpc) is 2.72. The first-order valence-electron chi connectivity index (χ1n) is 6.72. The van der Waals surface area contributed by atoms with E-state index in [9.17, 15) is 19.7 Å². The molecule has 1 aromatic rings. The summed E-state index contributed by atoms with van der Waals surface area (Å²) in [4.78, 5) is 35.8. The molecule has 116 valence electrons. The molecule has 7 heteroatoms. The summed E-state index contributed by atoms with van der Waals surface area (Å²) in [6, 6.07) is 6.06. The number of hydrogen-bond acceptors (Lipinski definition) is 4. The molecule has 1 heterocycles. The number of nitro groups is 1. The molecular weight excluding hydrogens is 411 g/mol. The van der Waals surface area contributed by atoms with E-state index in [0.717, 1.165) is 5.57 Å². The van der Waals surface area contributed by atoms with Gasteiger partial charge in [-0.1, -0.05) is 0 Å². The zero-order chi connectivity index (χ0) is 16.8. The molecule has 6 nitrogen and oxygen atoms in total. The number of carbonyl (C=O) groups excluding carboxylic acids is 2. The fourth-order valence-corrected chi connectivity index (χ4v) is 3.90. The van der Waals surface area contributed by atoms with E-state index < -0.39 is 10.5 Å². The standard InChI is InChI=1S/C16H11IN2O4/c1-18-15(21)14(17)13(16(18)8-6-12(20)7-9-16)10-2-4-11(5-3-10)19(22)23/h2-9H,1H3. The van der Waals surface area contributed by atoms with Gasteiger partial charge in [-0.05, 0) is 64.6 Å². The van der Waals surface area contributed by atoms with Crippen LogP contribution in [0.15, 0.2) is 52.1 Å². The monoisotopic (exact) mass is 422 g/mol. The zero-order valence-corrected chi connectivity index (χ0v) is 14.2. The van der Waals surface area contributed by atoms with Gasteiger partial charge in [-0.25, -0.2) is 0 Å². The minimum absolute atomic E-state index is 0.0130. The van der Waals surface area contributed by atoms with Crippen LogP contribution in [-0.4, -0.2) is 34.1 Å². The second kappa shape index (κ2) is 5.41. The molecule has 23 heavy (non-hydrogen) atoms. The highest BCUT2D eigenvalue weighted by molar-refractivity contribution is 14.1. The smallest absolute Gasteiger partial charge is 0.269 e. The van der Waals surface area contributed by atoms with E-state index in [1.54, 1.807) is 36.2 Å². The Labute approximate surface area is 145 Å². The summed E-state index contributed by atoms with van der Waals surface area (Å²) < 4.78 is 0.530. The number of hydrogen-bond donors (Lipinski definition) is 0. The lowest BCUT2D eigenvalue weighted by Gasteiger charge is -2.34. The van der Waals surface area contributed by atoms with Crippen LogP contribution >= 0.6 is 22.6 Å². The molecule has 1 aromatic carbocycles. The Hall–Kier alpha value is -2.29. The fourth-order valence-electron chi connectivity index (χ4n) is 2.79. The summed E-state index contributed by atoms with van der Waals surface area (Å²) in [7, 11) is 1.67. The first-order valence-corrected chi connectivity index (χ1v) is 7.80. The lowest BCUT2D eigenvalue weighted by atomic mass is 9.83. The second-order valence-electron chi connectivity index (χ2n) is 5.25. The van der Waals surface area contributed by atoms with E-state index in [0.29, 0.717) is 9.14 Å². The van der Waals surface area contributed by atoms with Crippen LogP contribution in [0.2, 0.25) is 0 Å². The number of nitro benzene ring substituents is 1. The summed E-state index contributed by atoms with van der Waals surface area (Å²) in [6.45, 7) is 0. The van der Waals surface area contributed by atoms with Crippen molar-refractivity contribution in [3.05, 3.63) is 67.8 Å². The van der Waals surface area contributed by atoms with Gasteiger partial charge in [0.05, 0.1) is 8.50 Å². The predicted molar refractivity (Wildman–Crippen MR) is 92.8 cm³/mol. The number of likely N-dealkylation sites (N-methyl/N-ethyl adjacent to an activating group) is 1. The van der Waals surface area contributed by atoms with Gasteiger partial charge in [-0.2, -0.15) is 0 Å². The number of halogens is 1. The van der Waals surface area contributed by atoms with Gasteiger partial charge >= 0.3 is 0 Å². The highest BCUT2D eigenvalue weighted by Crippen LogP contribution is 2.46. The molecule has 0 radical (unpaired) electrons. The second-order valence-corrected chi connectivity index (χ2v) is 6.33. The molecule has 0 N–H and O–H groups in total. The van der Waals surface area contributed by atoms with Crippen LogP contribution in [-0.2, 0) is 9.59 Å². The van der Waals surface area contributed by atoms with Gasteiger partial charge in [-0.3, -0.25) is 19.7 Å². The third-order valence-electron chi connectivity index (χ3n) is 4.04. The van der Waals surface area contributed by atoms with Gasteiger partial charge in [-0.15, -0.1) is 0 Å². The van der Waals surface area contributed by atoms with Crippen molar-refractivity contribution in [3.8, 4) is 0 Å². The topological polar surface area (TPSA) is 80.5 Å². The van der Waals surface area contributed by atoms with Crippen LogP contribution in [0.4, 0.5) is 5.69 Å². The molecule has 0 aromatic heterocycles. The normalized spacial score (nSPS) is 19.1. The SMILES string of the molecule is CN1C(=O)C(I)=C(c2ccc([N+](=O)[O-])cc2)C12C=CC(=O)C=C2. The summed E-state index contributed by atoms with van der Waals surface area (Å²) in [5, 5.41) is 10.8. The average molecular weight is 422 g/mol. The molecule has 1 aliphatic carbocycles. The van der Waals surface area contributed by atoms with E-state index in [2.05, 4.69) is 0 Å². The largest absolute Gasteiger partial charge is 0.324 e. The minimum atomic E-state index is -0.836. The number of allylic oxidation sites excluding steroid dienone is 2. The van der Waals surface area contributed by atoms with Crippen molar-refractivity contribution in [1.29, 1.82) is 0 Å². The van der Waals surface area contributed by atoms with Gasteiger partial charge in [0.2, 0.25) is 0 Å². The van der Waals surface area contributed by atoms with Crippen molar-refractivity contribution >= 4 is 45.5 Å². The molecule has 3 rings (SSSR count). The summed E-state index contributed by atoms with van der Waals surface area (Å²) in [5.74, 6) is -0.288. The maximum Gasteiger partial charge on any atom is 0.269 e. The minimum Gasteiger partial charge on any atom is -0.324 e. The Morgan fingerprint density at radius 2 is 1.70 bits per heavy atom. The Bertz CT molecular complexity index is 805. The molecule has 0 unspecified atom stereocenters. The Morgan fingerprint density at radius 3 is 2.22 bits per heavy atom. The Balaban J connectivity index is 2.16. The Morgan fingerprint density at radius 1 is 1.13 bits per heavy atom. The molecular formula is C16H11IN2O4. The number of rotatable bonds is 2. The molecule has 0 atom stereocenters. The Kier molecular flexibility index (Phi) is 3.67. The molecule has 0 bridgehead atoms. The number of non-ortho nitro benzene ring substituents is 1. The summed E-state index contributed by atoms with van der Waals surface area (Å²) in [5.41, 5.74) is 0.584. The van der Waals surface area contributed by atoms with E-state index in [4.69, 9.17) is 0 Å². The molecule has 0 saturated heterocycles. The third kappa shape index (κ3) is 2.31. The lowest BCUT2D eigenvalue weighted by molar-refractivity contribution is -0.384.